The van der Waals surface area contributed by atoms with E-state index in [9.17, 15) is 18.9 Å². The molecule has 1 saturated heterocycles. The summed E-state index contributed by atoms with van der Waals surface area (Å²) in [7, 11) is -3.36. The van der Waals surface area contributed by atoms with E-state index in [1.807, 2.05) is 0 Å². The number of anilines is 1. The van der Waals surface area contributed by atoms with E-state index < -0.39 is 68.9 Å². The van der Waals surface area contributed by atoms with Crippen molar-refractivity contribution < 1.29 is 51.3 Å². The van der Waals surface area contributed by atoms with Gasteiger partial charge in [-0.25, -0.2) is 18.5 Å². The molecular formula is C28H35FN5O10P. The summed E-state index contributed by atoms with van der Waals surface area (Å²) in [6.07, 6.45) is -3.25. The second-order valence-corrected chi connectivity index (χ2v) is 11.8. The zero-order chi connectivity index (χ0) is 32.8. The number of fused-ring (bicyclic) bond motifs is 1. The molecule has 17 heteroatoms. The van der Waals surface area contributed by atoms with Crippen LogP contribution in [0.25, 0.3) is 5.52 Å². The third-order valence-electron chi connectivity index (χ3n) is 6.96. The first-order valence-electron chi connectivity index (χ1n) is 14.1. The lowest BCUT2D eigenvalue weighted by molar-refractivity contribution is -0.174. The van der Waals surface area contributed by atoms with Gasteiger partial charge in [0, 0.05) is 12.8 Å². The highest BCUT2D eigenvalue weighted by Gasteiger charge is 2.61. The quantitative estimate of drug-likeness (QED) is 0.147. The number of esters is 3. The van der Waals surface area contributed by atoms with Crippen LogP contribution in [0.2, 0.25) is 0 Å². The van der Waals surface area contributed by atoms with Gasteiger partial charge < -0.3 is 29.2 Å². The number of methoxy groups -OCH3 is 1. The van der Waals surface area contributed by atoms with E-state index in [-0.39, 0.29) is 30.1 Å². The Morgan fingerprint density at radius 3 is 2.47 bits per heavy atom. The number of rotatable bonds is 14. The molecule has 0 radical (unpaired) electrons. The minimum Gasteiger partial charge on any atom is -0.468 e. The fourth-order valence-electron chi connectivity index (χ4n) is 4.65. The van der Waals surface area contributed by atoms with Gasteiger partial charge in [-0.05, 0) is 31.2 Å². The molecule has 1 aliphatic heterocycles. The third-order valence-corrected chi connectivity index (χ3v) is 8.59. The lowest BCUT2D eigenvalue weighted by Crippen LogP contribution is -2.52. The number of hydrogen-bond acceptors (Lipinski definition) is 13. The van der Waals surface area contributed by atoms with E-state index in [0.29, 0.717) is 5.52 Å². The summed E-state index contributed by atoms with van der Waals surface area (Å²) in [5.74, 6) is -1.99. The number of carbonyl (C=O) groups excluding carboxylic acids is 3. The number of benzene rings is 1. The third kappa shape index (κ3) is 7.41. The lowest BCUT2D eigenvalue weighted by Gasteiger charge is -2.33. The Kier molecular flexibility index (Phi) is 10.8. The second-order valence-electron chi connectivity index (χ2n) is 10.1. The van der Waals surface area contributed by atoms with E-state index in [1.54, 1.807) is 37.3 Å². The number of ether oxygens (including phenoxy) is 4. The van der Waals surface area contributed by atoms with Crippen LogP contribution in [-0.2, 0) is 42.4 Å². The fraction of sp³-hybridized carbons (Fsp3) is 0.464. The van der Waals surface area contributed by atoms with Crippen molar-refractivity contribution >= 4 is 37.0 Å². The number of nitrogens with two attached hydrogens (primary N) is 1. The fourth-order valence-corrected chi connectivity index (χ4v) is 6.20. The highest BCUT2D eigenvalue weighted by molar-refractivity contribution is 7.52. The predicted octanol–water partition coefficient (Wildman–Crippen LogP) is 3.09. The van der Waals surface area contributed by atoms with Crippen LogP contribution in [0.15, 0.2) is 48.8 Å². The second kappa shape index (κ2) is 14.3. The molecule has 3 N–H and O–H groups in total. The van der Waals surface area contributed by atoms with E-state index in [4.69, 9.17) is 33.7 Å². The van der Waals surface area contributed by atoms with Crippen LogP contribution in [0.1, 0.15) is 45.4 Å². The van der Waals surface area contributed by atoms with Crippen molar-refractivity contribution in [2.45, 2.75) is 63.6 Å². The highest BCUT2D eigenvalue weighted by atomic mass is 31.2. The summed E-state index contributed by atoms with van der Waals surface area (Å²) in [5, 5.41) is 6.68. The number of halogens is 1. The summed E-state index contributed by atoms with van der Waals surface area (Å²) in [5.41, 5.74) is 4.45. The van der Waals surface area contributed by atoms with Gasteiger partial charge in [0.05, 0.1) is 19.4 Å². The smallest absolute Gasteiger partial charge is 0.459 e. The molecule has 0 saturated carbocycles. The number of nitrogens with zero attached hydrogens (tertiary/aromatic N) is 3. The van der Waals surface area contributed by atoms with Gasteiger partial charge in [0.2, 0.25) is 0 Å². The maximum absolute atomic E-state index is 15.4. The molecule has 244 valence electrons. The summed E-state index contributed by atoms with van der Waals surface area (Å²) in [6, 6.07) is 9.87. The van der Waals surface area contributed by atoms with Crippen LogP contribution >= 0.6 is 7.75 Å². The molecule has 0 aliphatic carbocycles. The Hall–Kier alpha value is -4.11. The molecule has 0 bridgehead atoms. The molecule has 1 aromatic carbocycles. The van der Waals surface area contributed by atoms with E-state index in [0.717, 1.165) is 7.11 Å². The molecule has 15 nitrogen and oxygen atoms in total. The standard InChI is InChI=1S/C28H35FN5O10P/c1-5-21(35)41-24-23(19-12-13-20-26(30)31-16-32-34(19)20)43-28(14-29,25(24)42-22(36)6-2)15-40-45(38,33-17(3)27(37)39-4)44-18-10-8-7-9-11-18/h7-13,16-17,23-25H,5-6,14-15H2,1-4H3,(H,33,38)(H2,30,31,32)/t17-,23-,24-,25-,28+,45?/m0/s1. The van der Waals surface area contributed by atoms with Crippen LogP contribution in [-0.4, -0.2) is 76.7 Å². The molecule has 2 aromatic heterocycles. The van der Waals surface area contributed by atoms with Crippen molar-refractivity contribution in [2.24, 2.45) is 0 Å². The largest absolute Gasteiger partial charge is 0.468 e. The van der Waals surface area contributed by atoms with Crippen molar-refractivity contribution in [2.75, 3.05) is 26.1 Å². The first-order valence-corrected chi connectivity index (χ1v) is 15.6. The summed E-state index contributed by atoms with van der Waals surface area (Å²) in [4.78, 5) is 41.4. The number of nitrogen functional groups attached to an aromatic ring is 1. The number of para-hydroxylation sites is 1. The minimum absolute atomic E-state index is 0.0593. The van der Waals surface area contributed by atoms with Crippen LogP contribution < -0.4 is 15.3 Å². The zero-order valence-electron chi connectivity index (χ0n) is 25.1. The Morgan fingerprint density at radius 1 is 1.13 bits per heavy atom. The van der Waals surface area contributed by atoms with Crippen LogP contribution in [0.4, 0.5) is 10.2 Å². The molecule has 1 aliphatic rings. The van der Waals surface area contributed by atoms with Gasteiger partial charge in [-0.2, -0.15) is 10.2 Å². The molecular weight excluding hydrogens is 616 g/mol. The topological polar surface area (TPSA) is 192 Å². The molecule has 45 heavy (non-hydrogen) atoms. The average molecular weight is 652 g/mol. The number of nitrogens with one attached hydrogen (secondary N) is 1. The van der Waals surface area contributed by atoms with Gasteiger partial charge in [0.1, 0.15) is 36.4 Å². The number of alkyl halides is 1. The molecule has 6 atom stereocenters. The van der Waals surface area contributed by atoms with Gasteiger partial charge in [-0.1, -0.05) is 32.0 Å². The van der Waals surface area contributed by atoms with Crippen molar-refractivity contribution in [3.63, 3.8) is 0 Å². The van der Waals surface area contributed by atoms with Crippen LogP contribution in [0.3, 0.4) is 0 Å². The Bertz CT molecular complexity index is 1560. The van der Waals surface area contributed by atoms with E-state index in [2.05, 4.69) is 15.2 Å². The Labute approximate surface area is 258 Å². The van der Waals surface area contributed by atoms with Crippen LogP contribution in [0, 0.1) is 0 Å². The maximum Gasteiger partial charge on any atom is 0.459 e. The van der Waals surface area contributed by atoms with Crippen molar-refractivity contribution in [1.82, 2.24) is 19.7 Å². The first-order chi connectivity index (χ1) is 21.5. The Balaban J connectivity index is 1.77. The lowest BCUT2D eigenvalue weighted by atomic mass is 9.95. The highest BCUT2D eigenvalue weighted by Crippen LogP contribution is 2.50. The normalized spacial score (nSPS) is 23.2. The average Bonchev–Trinajstić information content (AvgIpc) is 3.60. The molecule has 3 heterocycles. The van der Waals surface area contributed by atoms with Crippen molar-refractivity contribution in [3.05, 3.63) is 54.5 Å². The number of aromatic nitrogens is 3. The molecule has 1 unspecified atom stereocenters. The van der Waals surface area contributed by atoms with Gasteiger partial charge in [0.25, 0.3) is 0 Å². The predicted molar refractivity (Wildman–Crippen MR) is 156 cm³/mol. The number of hydrogen-bond donors (Lipinski definition) is 2. The van der Waals surface area contributed by atoms with Gasteiger partial charge in [0.15, 0.2) is 23.6 Å². The zero-order valence-corrected chi connectivity index (χ0v) is 26.0. The SMILES string of the molecule is CCC(=O)O[C@H]1[C@H](c2ccc3c(N)ncnn23)O[C@](CF)(COP(=O)(N[C@@H](C)C(=O)OC)Oc2ccccc2)[C@H]1OC(=O)CC. The molecule has 3 aromatic rings. The molecule has 0 spiro atoms. The summed E-state index contributed by atoms with van der Waals surface area (Å²) in [6.45, 7) is 2.23. The van der Waals surface area contributed by atoms with Gasteiger partial charge >= 0.3 is 25.7 Å². The minimum atomic E-state index is -4.51. The van der Waals surface area contributed by atoms with E-state index >= 15 is 4.39 Å². The molecule has 4 rings (SSSR count). The van der Waals surface area contributed by atoms with Gasteiger partial charge in [-0.3, -0.25) is 18.9 Å². The molecule has 1 fully saturated rings. The van der Waals surface area contributed by atoms with Gasteiger partial charge in [-0.15, -0.1) is 0 Å². The summed E-state index contributed by atoms with van der Waals surface area (Å²) >= 11 is 0. The summed E-state index contributed by atoms with van der Waals surface area (Å²) < 4.78 is 64.5. The first kappa shape index (κ1) is 33.8. The van der Waals surface area contributed by atoms with Crippen molar-refractivity contribution in [3.8, 4) is 5.75 Å². The van der Waals surface area contributed by atoms with Crippen molar-refractivity contribution in [1.29, 1.82) is 0 Å². The van der Waals surface area contributed by atoms with Crippen LogP contribution in [0.5, 0.6) is 5.75 Å². The monoisotopic (exact) mass is 651 g/mol. The Morgan fingerprint density at radius 2 is 1.82 bits per heavy atom. The maximum atomic E-state index is 15.4. The molecule has 0 amide bonds. The van der Waals surface area contributed by atoms with E-state index in [1.165, 1.54) is 36.8 Å². The number of carbonyl (C=O) groups is 3.